The Morgan fingerprint density at radius 1 is 1.32 bits per heavy atom. The Balaban J connectivity index is 2.21. The van der Waals surface area contributed by atoms with Crippen LogP contribution in [0.15, 0.2) is 24.3 Å². The molecule has 0 aliphatic carbocycles. The van der Waals surface area contributed by atoms with E-state index in [4.69, 9.17) is 4.74 Å². The van der Waals surface area contributed by atoms with Crippen molar-refractivity contribution in [3.05, 3.63) is 35.6 Å². The van der Waals surface area contributed by atoms with E-state index in [0.717, 1.165) is 12.0 Å². The van der Waals surface area contributed by atoms with Crippen LogP contribution >= 0.6 is 0 Å². The van der Waals surface area contributed by atoms with E-state index in [1.54, 1.807) is 35.8 Å². The first-order valence-electron chi connectivity index (χ1n) is 7.36. The van der Waals surface area contributed by atoms with Gasteiger partial charge in [0.15, 0.2) is 0 Å². The second-order valence-corrected chi connectivity index (χ2v) is 5.80. The summed E-state index contributed by atoms with van der Waals surface area (Å²) in [5, 5.41) is 0. The summed E-state index contributed by atoms with van der Waals surface area (Å²) in [4.78, 5) is 26.8. The van der Waals surface area contributed by atoms with E-state index in [0.29, 0.717) is 13.1 Å². The van der Waals surface area contributed by atoms with E-state index in [-0.39, 0.29) is 30.1 Å². The highest BCUT2D eigenvalue weighted by Crippen LogP contribution is 2.27. The highest BCUT2D eigenvalue weighted by atomic mass is 19.1. The standard InChI is InChI=1S/C16H21FN2O3/c1-11(2)22-16(21)19-9-15(18(10-20)8-12(19)3)13-4-6-14(17)7-5-13/h4-7,10-12,15H,8-9H2,1-3H3. The smallest absolute Gasteiger partial charge is 0.410 e. The zero-order valence-corrected chi connectivity index (χ0v) is 13.0. The van der Waals surface area contributed by atoms with Crippen molar-refractivity contribution in [2.75, 3.05) is 13.1 Å². The van der Waals surface area contributed by atoms with Crippen molar-refractivity contribution in [2.24, 2.45) is 0 Å². The van der Waals surface area contributed by atoms with Crippen molar-refractivity contribution in [1.29, 1.82) is 0 Å². The number of rotatable bonds is 3. The molecule has 1 aromatic rings. The minimum atomic E-state index is -0.389. The van der Waals surface area contributed by atoms with Gasteiger partial charge in [-0.3, -0.25) is 4.79 Å². The molecule has 0 aromatic heterocycles. The number of carbonyl (C=O) groups excluding carboxylic acids is 2. The predicted molar refractivity (Wildman–Crippen MR) is 79.7 cm³/mol. The lowest BCUT2D eigenvalue weighted by atomic mass is 10.0. The van der Waals surface area contributed by atoms with Crippen molar-refractivity contribution in [2.45, 2.75) is 39.0 Å². The van der Waals surface area contributed by atoms with Crippen LogP contribution < -0.4 is 0 Å². The van der Waals surface area contributed by atoms with E-state index in [1.807, 2.05) is 6.92 Å². The summed E-state index contributed by atoms with van der Waals surface area (Å²) in [7, 11) is 0. The average Bonchev–Trinajstić information content (AvgIpc) is 2.47. The van der Waals surface area contributed by atoms with Gasteiger partial charge in [0.1, 0.15) is 5.82 Å². The van der Waals surface area contributed by atoms with E-state index in [9.17, 15) is 14.0 Å². The maximum absolute atomic E-state index is 13.1. The van der Waals surface area contributed by atoms with Gasteiger partial charge in [0.25, 0.3) is 0 Å². The highest BCUT2D eigenvalue weighted by Gasteiger charge is 2.35. The fourth-order valence-electron chi connectivity index (χ4n) is 2.62. The predicted octanol–water partition coefficient (Wildman–Crippen LogP) is 2.57. The maximum atomic E-state index is 13.1. The minimum absolute atomic E-state index is 0.131. The molecule has 2 rings (SSSR count). The van der Waals surface area contributed by atoms with Crippen LogP contribution in [0.2, 0.25) is 0 Å². The van der Waals surface area contributed by atoms with Gasteiger partial charge in [-0.2, -0.15) is 0 Å². The Bertz CT molecular complexity index is 533. The lowest BCUT2D eigenvalue weighted by molar-refractivity contribution is -0.124. The van der Waals surface area contributed by atoms with Gasteiger partial charge in [-0.1, -0.05) is 12.1 Å². The number of benzene rings is 1. The van der Waals surface area contributed by atoms with Crippen LogP contribution in [0.5, 0.6) is 0 Å². The summed E-state index contributed by atoms with van der Waals surface area (Å²) in [5.74, 6) is -0.332. The third-order valence-electron chi connectivity index (χ3n) is 3.74. The second kappa shape index (κ2) is 6.77. The number of hydrogen-bond acceptors (Lipinski definition) is 3. The van der Waals surface area contributed by atoms with Gasteiger partial charge in [0.2, 0.25) is 6.41 Å². The van der Waals surface area contributed by atoms with Gasteiger partial charge in [-0.15, -0.1) is 0 Å². The SMILES string of the molecule is CC(C)OC(=O)N1CC(c2ccc(F)cc2)N(C=O)CC1C. The molecule has 2 unspecified atom stereocenters. The molecule has 120 valence electrons. The van der Waals surface area contributed by atoms with Crippen molar-refractivity contribution in [3.63, 3.8) is 0 Å². The first kappa shape index (κ1) is 16.3. The molecule has 2 atom stereocenters. The third-order valence-corrected chi connectivity index (χ3v) is 3.74. The molecule has 22 heavy (non-hydrogen) atoms. The Kier molecular flexibility index (Phi) is 5.00. The summed E-state index contributed by atoms with van der Waals surface area (Å²) < 4.78 is 18.3. The molecule has 5 nitrogen and oxygen atoms in total. The van der Waals surface area contributed by atoms with Gasteiger partial charge in [0, 0.05) is 19.1 Å². The molecule has 1 saturated heterocycles. The first-order chi connectivity index (χ1) is 10.4. The molecule has 0 N–H and O–H groups in total. The lowest BCUT2D eigenvalue weighted by Gasteiger charge is -2.43. The van der Waals surface area contributed by atoms with E-state index in [2.05, 4.69) is 0 Å². The molecule has 1 fully saturated rings. The Morgan fingerprint density at radius 2 is 1.95 bits per heavy atom. The number of piperazine rings is 1. The van der Waals surface area contributed by atoms with Gasteiger partial charge < -0.3 is 14.5 Å². The molecule has 1 heterocycles. The van der Waals surface area contributed by atoms with Crippen molar-refractivity contribution < 1.29 is 18.7 Å². The molecule has 2 amide bonds. The number of amides is 2. The quantitative estimate of drug-likeness (QED) is 0.806. The molecule has 1 aliphatic heterocycles. The fourth-order valence-corrected chi connectivity index (χ4v) is 2.62. The Morgan fingerprint density at radius 3 is 2.50 bits per heavy atom. The van der Waals surface area contributed by atoms with Crippen molar-refractivity contribution in [3.8, 4) is 0 Å². The monoisotopic (exact) mass is 308 g/mol. The van der Waals surface area contributed by atoms with Gasteiger partial charge in [-0.05, 0) is 38.5 Å². The molecule has 0 bridgehead atoms. The fraction of sp³-hybridized carbons (Fsp3) is 0.500. The van der Waals surface area contributed by atoms with E-state index in [1.165, 1.54) is 12.1 Å². The molecule has 6 heteroatoms. The van der Waals surface area contributed by atoms with Crippen LogP contribution in [0, 0.1) is 5.82 Å². The van der Waals surface area contributed by atoms with Crippen LogP contribution in [-0.2, 0) is 9.53 Å². The summed E-state index contributed by atoms with van der Waals surface area (Å²) in [6, 6.07) is 5.55. The molecule has 0 saturated carbocycles. The lowest BCUT2D eigenvalue weighted by Crippen LogP contribution is -2.55. The number of ether oxygens (including phenoxy) is 1. The topological polar surface area (TPSA) is 49.9 Å². The van der Waals surface area contributed by atoms with E-state index < -0.39 is 0 Å². The molecule has 1 aliphatic rings. The summed E-state index contributed by atoms with van der Waals surface area (Å²) in [6.07, 6.45) is 0.184. The average molecular weight is 308 g/mol. The Labute approximate surface area is 129 Å². The van der Waals surface area contributed by atoms with Crippen LogP contribution in [0.25, 0.3) is 0 Å². The van der Waals surface area contributed by atoms with E-state index >= 15 is 0 Å². The van der Waals surface area contributed by atoms with Gasteiger partial charge in [-0.25, -0.2) is 9.18 Å². The van der Waals surface area contributed by atoms with Crippen LogP contribution in [-0.4, -0.2) is 47.5 Å². The molecular formula is C16H21FN2O3. The second-order valence-electron chi connectivity index (χ2n) is 5.80. The number of carbonyl (C=O) groups is 2. The third kappa shape index (κ3) is 3.55. The normalized spacial score (nSPS) is 21.9. The molecular weight excluding hydrogens is 287 g/mol. The van der Waals surface area contributed by atoms with Crippen LogP contribution in [0.1, 0.15) is 32.4 Å². The van der Waals surface area contributed by atoms with Crippen LogP contribution in [0.3, 0.4) is 0 Å². The number of hydrogen-bond donors (Lipinski definition) is 0. The maximum Gasteiger partial charge on any atom is 0.410 e. The minimum Gasteiger partial charge on any atom is -0.447 e. The summed E-state index contributed by atoms with van der Waals surface area (Å²) in [5.41, 5.74) is 0.794. The zero-order valence-electron chi connectivity index (χ0n) is 13.0. The molecule has 0 spiro atoms. The highest BCUT2D eigenvalue weighted by molar-refractivity contribution is 5.69. The molecule has 0 radical (unpaired) electrons. The van der Waals surface area contributed by atoms with Crippen molar-refractivity contribution >= 4 is 12.5 Å². The molecule has 1 aromatic carbocycles. The summed E-state index contributed by atoms with van der Waals surface area (Å²) >= 11 is 0. The van der Waals surface area contributed by atoms with Crippen LogP contribution in [0.4, 0.5) is 9.18 Å². The first-order valence-corrected chi connectivity index (χ1v) is 7.36. The number of halogens is 1. The van der Waals surface area contributed by atoms with Gasteiger partial charge in [0.05, 0.1) is 12.1 Å². The number of nitrogens with zero attached hydrogens (tertiary/aromatic N) is 2. The zero-order chi connectivity index (χ0) is 16.3. The van der Waals surface area contributed by atoms with Crippen molar-refractivity contribution in [1.82, 2.24) is 9.80 Å². The van der Waals surface area contributed by atoms with Gasteiger partial charge >= 0.3 is 6.09 Å². The largest absolute Gasteiger partial charge is 0.447 e. The Hall–Kier alpha value is -2.11. The summed E-state index contributed by atoms with van der Waals surface area (Å²) in [6.45, 7) is 6.21.